The summed E-state index contributed by atoms with van der Waals surface area (Å²) in [5, 5.41) is 4.73. The Morgan fingerprint density at radius 1 is 0.741 bits per heavy atom. The number of carbonyl (C=O) groups excluding carboxylic acids is 2. The van der Waals surface area contributed by atoms with Gasteiger partial charge < -0.3 is 14.5 Å². The average molecular weight is 381 g/mol. The predicted molar refractivity (Wildman–Crippen MR) is 104 cm³/mol. The maximum absolute atomic E-state index is 12.6. The zero-order chi connectivity index (χ0) is 19.4. The minimum Gasteiger partial charge on any atom is -0.460 e. The number of likely N-dealkylation sites (tertiary alicyclic amines) is 1. The first-order chi connectivity index (χ1) is 12.8. The van der Waals surface area contributed by atoms with Gasteiger partial charge in [-0.05, 0) is 52.9 Å². The largest absolute Gasteiger partial charge is 0.460 e. The van der Waals surface area contributed by atoms with Crippen molar-refractivity contribution in [2.45, 2.75) is 58.5 Å². The van der Waals surface area contributed by atoms with Gasteiger partial charge in [0.05, 0.1) is 5.92 Å². The van der Waals surface area contributed by atoms with Crippen LogP contribution in [0.25, 0.3) is 0 Å². The number of hydrazine groups is 1. The summed E-state index contributed by atoms with van der Waals surface area (Å²) in [6.45, 7) is 12.7. The lowest BCUT2D eigenvalue weighted by Crippen LogP contribution is -2.58. The van der Waals surface area contributed by atoms with E-state index in [-0.39, 0.29) is 17.9 Å². The molecule has 7 nitrogen and oxygen atoms in total. The number of amides is 2. The topological polar surface area (TPSA) is 56.3 Å². The molecule has 0 unspecified atom stereocenters. The van der Waals surface area contributed by atoms with Gasteiger partial charge in [0.2, 0.25) is 0 Å². The Morgan fingerprint density at radius 3 is 1.81 bits per heavy atom. The summed E-state index contributed by atoms with van der Waals surface area (Å²) < 4.78 is 5.54. The van der Waals surface area contributed by atoms with Crippen molar-refractivity contribution in [2.24, 2.45) is 5.92 Å². The molecule has 3 aliphatic heterocycles. The Hall–Kier alpha value is -1.34. The Kier molecular flexibility index (Phi) is 6.63. The van der Waals surface area contributed by atoms with Gasteiger partial charge in [-0.15, -0.1) is 0 Å². The van der Waals surface area contributed by atoms with Gasteiger partial charge >= 0.3 is 12.0 Å². The van der Waals surface area contributed by atoms with Gasteiger partial charge in [-0.1, -0.05) is 0 Å². The first-order valence-electron chi connectivity index (χ1n) is 10.6. The molecule has 0 aromatic rings. The Bertz CT molecular complexity index is 512. The van der Waals surface area contributed by atoms with Crippen LogP contribution in [0.1, 0.15) is 52.9 Å². The van der Waals surface area contributed by atoms with Crippen LogP contribution in [0, 0.1) is 5.92 Å². The number of rotatable bonds is 2. The van der Waals surface area contributed by atoms with Crippen LogP contribution in [0.4, 0.5) is 4.79 Å². The van der Waals surface area contributed by atoms with Crippen molar-refractivity contribution >= 4 is 12.0 Å². The molecule has 27 heavy (non-hydrogen) atoms. The van der Waals surface area contributed by atoms with Crippen LogP contribution in [0.15, 0.2) is 0 Å². The van der Waals surface area contributed by atoms with Gasteiger partial charge in [0.15, 0.2) is 0 Å². The second-order valence-electron chi connectivity index (χ2n) is 9.03. The molecule has 0 bridgehead atoms. The van der Waals surface area contributed by atoms with Crippen LogP contribution >= 0.6 is 0 Å². The van der Waals surface area contributed by atoms with Crippen LogP contribution < -0.4 is 0 Å². The zero-order valence-electron chi connectivity index (χ0n) is 17.3. The number of esters is 1. The van der Waals surface area contributed by atoms with Crippen molar-refractivity contribution in [3.8, 4) is 0 Å². The molecule has 7 heteroatoms. The number of urea groups is 1. The third-order valence-electron chi connectivity index (χ3n) is 5.76. The quantitative estimate of drug-likeness (QED) is 0.688. The summed E-state index contributed by atoms with van der Waals surface area (Å²) in [6, 6.07) is 0.220. The monoisotopic (exact) mass is 380 g/mol. The van der Waals surface area contributed by atoms with E-state index in [4.69, 9.17) is 4.74 Å². The lowest BCUT2D eigenvalue weighted by Gasteiger charge is -2.44. The van der Waals surface area contributed by atoms with Gasteiger partial charge in [-0.3, -0.25) is 4.79 Å². The highest BCUT2D eigenvalue weighted by atomic mass is 16.6. The van der Waals surface area contributed by atoms with E-state index < -0.39 is 5.60 Å². The molecule has 0 saturated carbocycles. The third kappa shape index (κ3) is 5.57. The van der Waals surface area contributed by atoms with E-state index in [1.54, 1.807) is 0 Å². The van der Waals surface area contributed by atoms with E-state index in [1.807, 2.05) is 30.6 Å². The summed E-state index contributed by atoms with van der Waals surface area (Å²) in [6.07, 6.45) is 5.22. The molecular weight excluding hydrogens is 344 g/mol. The number of hydrogen-bond acceptors (Lipinski definition) is 5. The zero-order valence-corrected chi connectivity index (χ0v) is 17.3. The second-order valence-corrected chi connectivity index (χ2v) is 9.03. The fraction of sp³-hybridized carbons (Fsp3) is 0.900. The van der Waals surface area contributed by atoms with Crippen molar-refractivity contribution in [2.75, 3.05) is 52.4 Å². The van der Waals surface area contributed by atoms with E-state index >= 15 is 0 Å². The van der Waals surface area contributed by atoms with Gasteiger partial charge in [-0.2, -0.15) is 0 Å². The van der Waals surface area contributed by atoms with Crippen molar-refractivity contribution in [3.63, 3.8) is 0 Å². The molecule has 3 rings (SSSR count). The molecule has 3 saturated heterocycles. The first kappa shape index (κ1) is 20.4. The van der Waals surface area contributed by atoms with Crippen LogP contribution in [0.3, 0.4) is 0 Å². The van der Waals surface area contributed by atoms with Crippen LogP contribution in [-0.2, 0) is 9.53 Å². The molecule has 3 aliphatic rings. The number of carbonyl (C=O) groups is 2. The molecule has 0 atom stereocenters. The fourth-order valence-corrected chi connectivity index (χ4v) is 4.22. The SMILES string of the molecule is CC(C)(C)OC(=O)C1CCN(N2CCN(C(=O)N3CCCCC3)CC2)CC1. The van der Waals surface area contributed by atoms with E-state index in [9.17, 15) is 9.59 Å². The van der Waals surface area contributed by atoms with Crippen molar-refractivity contribution in [3.05, 3.63) is 0 Å². The van der Waals surface area contributed by atoms with Crippen LogP contribution in [0.5, 0.6) is 0 Å². The minimum absolute atomic E-state index is 0.0162. The maximum Gasteiger partial charge on any atom is 0.320 e. The highest BCUT2D eigenvalue weighted by Gasteiger charge is 2.33. The smallest absolute Gasteiger partial charge is 0.320 e. The van der Waals surface area contributed by atoms with Gasteiger partial charge in [-0.25, -0.2) is 14.8 Å². The number of ether oxygens (including phenoxy) is 1. The Balaban J connectivity index is 1.40. The van der Waals surface area contributed by atoms with Crippen molar-refractivity contribution < 1.29 is 14.3 Å². The summed E-state index contributed by atoms with van der Waals surface area (Å²) in [5.74, 6) is -0.0402. The van der Waals surface area contributed by atoms with E-state index in [0.29, 0.717) is 0 Å². The minimum atomic E-state index is -0.411. The molecule has 0 aromatic heterocycles. The van der Waals surface area contributed by atoms with Gasteiger partial charge in [0, 0.05) is 52.4 Å². The molecule has 0 aliphatic carbocycles. The number of nitrogens with zero attached hydrogens (tertiary/aromatic N) is 4. The highest BCUT2D eigenvalue weighted by molar-refractivity contribution is 5.74. The van der Waals surface area contributed by atoms with Crippen LogP contribution in [0.2, 0.25) is 0 Å². The van der Waals surface area contributed by atoms with Crippen molar-refractivity contribution in [1.82, 2.24) is 19.8 Å². The van der Waals surface area contributed by atoms with Gasteiger partial charge in [0.1, 0.15) is 5.60 Å². The normalized spacial score (nSPS) is 24.1. The summed E-state index contributed by atoms with van der Waals surface area (Å²) in [4.78, 5) is 28.9. The second kappa shape index (κ2) is 8.78. The molecular formula is C20H36N4O3. The van der Waals surface area contributed by atoms with E-state index in [0.717, 1.165) is 78.0 Å². The molecule has 0 spiro atoms. The molecule has 0 radical (unpaired) electrons. The Labute approximate surface area is 163 Å². The molecule has 2 amide bonds. The lowest BCUT2D eigenvalue weighted by molar-refractivity contribution is -0.164. The molecule has 154 valence electrons. The molecule has 3 fully saturated rings. The van der Waals surface area contributed by atoms with Gasteiger partial charge in [0.25, 0.3) is 0 Å². The molecule has 0 N–H and O–H groups in total. The van der Waals surface area contributed by atoms with Crippen molar-refractivity contribution in [1.29, 1.82) is 0 Å². The predicted octanol–water partition coefficient (Wildman–Crippen LogP) is 2.18. The van der Waals surface area contributed by atoms with Crippen LogP contribution in [-0.4, -0.2) is 89.8 Å². The van der Waals surface area contributed by atoms with E-state index in [1.165, 1.54) is 6.42 Å². The standard InChI is InChI=1S/C20H36N4O3/c1-20(2,3)27-18(25)17-7-11-23(12-8-17)24-15-13-22(14-16-24)19(26)21-9-5-4-6-10-21/h17H,4-16H2,1-3H3. The number of hydrogen-bond donors (Lipinski definition) is 0. The lowest BCUT2D eigenvalue weighted by atomic mass is 9.97. The molecule has 0 aromatic carbocycles. The average Bonchev–Trinajstić information content (AvgIpc) is 2.67. The summed E-state index contributed by atoms with van der Waals surface area (Å²) in [5.41, 5.74) is -0.411. The Morgan fingerprint density at radius 2 is 1.26 bits per heavy atom. The first-order valence-corrected chi connectivity index (χ1v) is 10.6. The fourth-order valence-electron chi connectivity index (χ4n) is 4.22. The number of piperidine rings is 2. The third-order valence-corrected chi connectivity index (χ3v) is 5.76. The maximum atomic E-state index is 12.6. The number of piperazine rings is 1. The summed E-state index contributed by atoms with van der Waals surface area (Å²) in [7, 11) is 0. The summed E-state index contributed by atoms with van der Waals surface area (Å²) >= 11 is 0. The van der Waals surface area contributed by atoms with E-state index in [2.05, 4.69) is 10.0 Å². The molecule has 3 heterocycles. The highest BCUT2D eigenvalue weighted by Crippen LogP contribution is 2.23.